The Morgan fingerprint density at radius 1 is 1.32 bits per heavy atom. The molecule has 0 aliphatic heterocycles. The molecule has 3 rings (SSSR count). The van der Waals surface area contributed by atoms with Gasteiger partial charge in [-0.1, -0.05) is 12.1 Å². The highest BCUT2D eigenvalue weighted by Gasteiger charge is 2.34. The maximum Gasteiger partial charge on any atom is 0.290 e. The number of carbonyl (C=O) groups is 1. The van der Waals surface area contributed by atoms with Gasteiger partial charge in [-0.15, -0.1) is 0 Å². The summed E-state index contributed by atoms with van der Waals surface area (Å²) in [7, 11) is 0. The Morgan fingerprint density at radius 2 is 2.16 bits per heavy atom. The number of nitrogens with zero attached hydrogens (tertiary/aromatic N) is 1. The first-order chi connectivity index (χ1) is 9.24. The molecule has 1 saturated carbocycles. The van der Waals surface area contributed by atoms with Crippen molar-refractivity contribution in [3.63, 3.8) is 0 Å². The largest absolute Gasteiger partial charge is 0.508 e. The number of phenols is 1. The summed E-state index contributed by atoms with van der Waals surface area (Å²) in [5.41, 5.74) is 0.923. The minimum absolute atomic E-state index is 0.0872. The Labute approximate surface area is 111 Å². The lowest BCUT2D eigenvalue weighted by Crippen LogP contribution is -2.32. The summed E-state index contributed by atoms with van der Waals surface area (Å²) in [6.45, 7) is 0.499. The quantitative estimate of drug-likeness (QED) is 0.916. The molecule has 1 aromatic carbocycles. The van der Waals surface area contributed by atoms with E-state index in [1.54, 1.807) is 30.3 Å². The average Bonchev–Trinajstić information content (AvgIpc) is 3.09. The lowest BCUT2D eigenvalue weighted by Gasteiger charge is -2.21. The van der Waals surface area contributed by atoms with Crippen LogP contribution in [0.4, 0.5) is 0 Å². The molecule has 1 aromatic heterocycles. The van der Waals surface area contributed by atoms with E-state index in [4.69, 9.17) is 4.42 Å². The first-order valence-electron chi connectivity index (χ1n) is 6.36. The van der Waals surface area contributed by atoms with Gasteiger partial charge in [0.05, 0.1) is 6.26 Å². The van der Waals surface area contributed by atoms with E-state index >= 15 is 0 Å². The third kappa shape index (κ3) is 2.62. The molecule has 1 heterocycles. The molecule has 0 radical (unpaired) electrons. The number of hydrogen-bond acceptors (Lipinski definition) is 3. The number of aromatic hydroxyl groups is 1. The fourth-order valence-electron chi connectivity index (χ4n) is 2.15. The molecular weight excluding hydrogens is 242 g/mol. The van der Waals surface area contributed by atoms with E-state index in [2.05, 4.69) is 0 Å². The van der Waals surface area contributed by atoms with Gasteiger partial charge >= 0.3 is 0 Å². The molecular formula is C15H15NO3. The zero-order valence-corrected chi connectivity index (χ0v) is 10.5. The Morgan fingerprint density at radius 3 is 2.79 bits per heavy atom. The molecule has 0 spiro atoms. The van der Waals surface area contributed by atoms with Crippen molar-refractivity contribution in [2.24, 2.45) is 0 Å². The standard InChI is InChI=1S/C15H15NO3/c17-13-4-1-3-11(9-13)10-16(12-6-7-12)15(18)14-5-2-8-19-14/h1-5,8-9,12,17H,6-7,10H2. The number of rotatable bonds is 4. The third-order valence-electron chi connectivity index (χ3n) is 3.24. The molecule has 4 nitrogen and oxygen atoms in total. The van der Waals surface area contributed by atoms with Crippen LogP contribution in [0.5, 0.6) is 5.75 Å². The Kier molecular flexibility index (Phi) is 2.99. The molecule has 0 bridgehead atoms. The smallest absolute Gasteiger partial charge is 0.290 e. The van der Waals surface area contributed by atoms with Crippen LogP contribution in [0, 0.1) is 0 Å². The second kappa shape index (κ2) is 4.80. The van der Waals surface area contributed by atoms with Crippen LogP contribution in [-0.2, 0) is 6.54 Å². The fourth-order valence-corrected chi connectivity index (χ4v) is 2.15. The Bertz CT molecular complexity index is 573. The van der Waals surface area contributed by atoms with E-state index in [0.717, 1.165) is 18.4 Å². The highest BCUT2D eigenvalue weighted by molar-refractivity contribution is 5.91. The van der Waals surface area contributed by atoms with Crippen molar-refractivity contribution < 1.29 is 14.3 Å². The van der Waals surface area contributed by atoms with Crippen molar-refractivity contribution in [3.8, 4) is 5.75 Å². The number of benzene rings is 1. The molecule has 1 N–H and O–H groups in total. The number of phenolic OH excluding ortho intramolecular Hbond substituents is 1. The first kappa shape index (κ1) is 11.8. The van der Waals surface area contributed by atoms with E-state index in [-0.39, 0.29) is 11.7 Å². The summed E-state index contributed by atoms with van der Waals surface area (Å²) in [6, 6.07) is 10.7. The van der Waals surface area contributed by atoms with E-state index < -0.39 is 0 Å². The van der Waals surface area contributed by atoms with Crippen LogP contribution in [0.2, 0.25) is 0 Å². The van der Waals surface area contributed by atoms with Gasteiger partial charge in [-0.25, -0.2) is 0 Å². The van der Waals surface area contributed by atoms with Gasteiger partial charge in [-0.2, -0.15) is 0 Å². The molecule has 1 aliphatic rings. The molecule has 98 valence electrons. The van der Waals surface area contributed by atoms with Gasteiger partial charge in [0.25, 0.3) is 5.91 Å². The predicted molar refractivity (Wildman–Crippen MR) is 69.7 cm³/mol. The van der Waals surface area contributed by atoms with Crippen molar-refractivity contribution >= 4 is 5.91 Å². The van der Waals surface area contributed by atoms with Crippen molar-refractivity contribution in [2.75, 3.05) is 0 Å². The summed E-state index contributed by atoms with van der Waals surface area (Å²) in [5, 5.41) is 9.48. The van der Waals surface area contributed by atoms with Crippen LogP contribution in [-0.4, -0.2) is 22.0 Å². The molecule has 0 atom stereocenters. The van der Waals surface area contributed by atoms with Gasteiger partial charge in [-0.3, -0.25) is 4.79 Å². The lowest BCUT2D eigenvalue weighted by atomic mass is 10.2. The van der Waals surface area contributed by atoms with Gasteiger partial charge < -0.3 is 14.4 Å². The maximum atomic E-state index is 12.3. The van der Waals surface area contributed by atoms with Crippen molar-refractivity contribution in [1.82, 2.24) is 4.90 Å². The fraction of sp³-hybridized carbons (Fsp3) is 0.267. The van der Waals surface area contributed by atoms with Crippen LogP contribution in [0.1, 0.15) is 29.0 Å². The zero-order valence-electron chi connectivity index (χ0n) is 10.5. The Hall–Kier alpha value is -2.23. The van der Waals surface area contributed by atoms with Crippen molar-refractivity contribution in [3.05, 3.63) is 54.0 Å². The van der Waals surface area contributed by atoms with Gasteiger partial charge in [0.1, 0.15) is 5.75 Å². The van der Waals surface area contributed by atoms with E-state index in [0.29, 0.717) is 18.3 Å². The molecule has 0 saturated heterocycles. The Balaban J connectivity index is 1.80. The van der Waals surface area contributed by atoms with Crippen LogP contribution in [0.15, 0.2) is 47.1 Å². The van der Waals surface area contributed by atoms with Crippen LogP contribution in [0.25, 0.3) is 0 Å². The second-order valence-corrected chi connectivity index (χ2v) is 4.81. The lowest BCUT2D eigenvalue weighted by molar-refractivity contribution is 0.0697. The second-order valence-electron chi connectivity index (χ2n) is 4.81. The molecule has 1 fully saturated rings. The minimum Gasteiger partial charge on any atom is -0.508 e. The van der Waals surface area contributed by atoms with Crippen LogP contribution >= 0.6 is 0 Å². The summed E-state index contributed by atoms with van der Waals surface area (Å²) < 4.78 is 5.18. The van der Waals surface area contributed by atoms with Crippen LogP contribution < -0.4 is 0 Å². The van der Waals surface area contributed by atoms with E-state index in [9.17, 15) is 9.90 Å². The summed E-state index contributed by atoms with van der Waals surface area (Å²) in [4.78, 5) is 14.2. The highest BCUT2D eigenvalue weighted by atomic mass is 16.3. The maximum absolute atomic E-state index is 12.3. The van der Waals surface area contributed by atoms with Gasteiger partial charge in [0.15, 0.2) is 5.76 Å². The molecule has 19 heavy (non-hydrogen) atoms. The summed E-state index contributed by atoms with van der Waals surface area (Å²) in [6.07, 6.45) is 3.57. The topological polar surface area (TPSA) is 53.7 Å². The predicted octanol–water partition coefficient (Wildman–Crippen LogP) is 2.79. The van der Waals surface area contributed by atoms with Crippen molar-refractivity contribution in [1.29, 1.82) is 0 Å². The SMILES string of the molecule is O=C(c1ccco1)N(Cc1cccc(O)c1)C1CC1. The highest BCUT2D eigenvalue weighted by Crippen LogP contribution is 2.30. The first-order valence-corrected chi connectivity index (χ1v) is 6.36. The molecule has 0 unspecified atom stereocenters. The zero-order chi connectivity index (χ0) is 13.2. The number of carbonyl (C=O) groups excluding carboxylic acids is 1. The third-order valence-corrected chi connectivity index (χ3v) is 3.24. The number of amides is 1. The summed E-state index contributed by atoms with van der Waals surface area (Å²) in [5.74, 6) is 0.501. The number of hydrogen-bond donors (Lipinski definition) is 1. The van der Waals surface area contributed by atoms with Gasteiger partial charge in [-0.05, 0) is 42.7 Å². The molecule has 2 aromatic rings. The normalized spacial score (nSPS) is 14.3. The van der Waals surface area contributed by atoms with Crippen LogP contribution in [0.3, 0.4) is 0 Å². The van der Waals surface area contributed by atoms with Gasteiger partial charge in [0.2, 0.25) is 0 Å². The monoisotopic (exact) mass is 257 g/mol. The molecule has 1 aliphatic carbocycles. The summed E-state index contributed by atoms with van der Waals surface area (Å²) >= 11 is 0. The average molecular weight is 257 g/mol. The van der Waals surface area contributed by atoms with E-state index in [1.807, 2.05) is 11.0 Å². The number of furan rings is 1. The molecule has 1 amide bonds. The molecule has 4 heteroatoms. The van der Waals surface area contributed by atoms with Gasteiger partial charge in [0, 0.05) is 12.6 Å². The van der Waals surface area contributed by atoms with Crippen molar-refractivity contribution in [2.45, 2.75) is 25.4 Å². The van der Waals surface area contributed by atoms with E-state index in [1.165, 1.54) is 6.26 Å². The minimum atomic E-state index is -0.0872.